The smallest absolute Gasteiger partial charge is 0.309 e. The molecule has 0 spiro atoms. The van der Waals surface area contributed by atoms with Crippen LogP contribution in [0.5, 0.6) is 0 Å². The molecule has 3 heterocycles. The van der Waals surface area contributed by atoms with Gasteiger partial charge >= 0.3 is 5.97 Å². The third kappa shape index (κ3) is 3.80. The number of aromatic nitrogens is 4. The lowest BCUT2D eigenvalue weighted by Gasteiger charge is -2.30. The number of amides is 1. The third-order valence-corrected chi connectivity index (χ3v) is 5.04. The average Bonchev–Trinajstić information content (AvgIpc) is 3.22. The first-order valence-corrected chi connectivity index (χ1v) is 9.49. The molecule has 0 radical (unpaired) electrons. The number of halogens is 1. The van der Waals surface area contributed by atoms with E-state index in [1.165, 1.54) is 23.0 Å². The van der Waals surface area contributed by atoms with Crippen LogP contribution in [0.15, 0.2) is 36.7 Å². The van der Waals surface area contributed by atoms with Gasteiger partial charge in [0.15, 0.2) is 5.65 Å². The van der Waals surface area contributed by atoms with Crippen LogP contribution in [0.4, 0.5) is 4.39 Å². The van der Waals surface area contributed by atoms with Crippen LogP contribution in [-0.4, -0.2) is 56.3 Å². The van der Waals surface area contributed by atoms with E-state index in [1.807, 2.05) is 0 Å². The average molecular weight is 397 g/mol. The van der Waals surface area contributed by atoms with Gasteiger partial charge in [-0.25, -0.2) is 4.39 Å². The zero-order chi connectivity index (χ0) is 20.4. The number of likely N-dealkylation sites (tertiary alicyclic amines) is 1. The Morgan fingerprint density at radius 3 is 2.62 bits per heavy atom. The lowest BCUT2D eigenvalue weighted by Crippen LogP contribution is -2.41. The fourth-order valence-corrected chi connectivity index (χ4v) is 3.51. The number of ether oxygens (including phenoxy) is 1. The molecule has 150 valence electrons. The van der Waals surface area contributed by atoms with Gasteiger partial charge in [-0.3, -0.25) is 9.59 Å². The molecule has 1 aliphatic heterocycles. The summed E-state index contributed by atoms with van der Waals surface area (Å²) in [5.74, 6) is -0.961. The largest absolute Gasteiger partial charge is 0.466 e. The fourth-order valence-electron chi connectivity index (χ4n) is 3.51. The van der Waals surface area contributed by atoms with Crippen LogP contribution in [-0.2, 0) is 9.53 Å². The second-order valence-electron chi connectivity index (χ2n) is 6.87. The minimum atomic E-state index is -0.346. The van der Waals surface area contributed by atoms with Crippen LogP contribution in [0.1, 0.15) is 30.3 Å². The van der Waals surface area contributed by atoms with Crippen LogP contribution in [0, 0.1) is 11.7 Å². The van der Waals surface area contributed by atoms with E-state index in [4.69, 9.17) is 4.74 Å². The Bertz CT molecular complexity index is 1040. The van der Waals surface area contributed by atoms with Crippen molar-refractivity contribution in [1.29, 1.82) is 0 Å². The van der Waals surface area contributed by atoms with Gasteiger partial charge in [0, 0.05) is 18.7 Å². The minimum absolute atomic E-state index is 0.179. The number of nitrogens with zero attached hydrogens (tertiary/aromatic N) is 5. The highest BCUT2D eigenvalue weighted by atomic mass is 19.1. The number of carbonyl (C=O) groups is 2. The molecule has 4 rings (SSSR count). The van der Waals surface area contributed by atoms with Gasteiger partial charge in [0.2, 0.25) is 0 Å². The summed E-state index contributed by atoms with van der Waals surface area (Å²) in [5, 5.41) is 12.3. The highest BCUT2D eigenvalue weighted by molar-refractivity contribution is 5.95. The molecule has 9 heteroatoms. The quantitative estimate of drug-likeness (QED) is 0.628. The standard InChI is InChI=1S/C20H20FN5O3/c1-2-29-20(28)14-7-9-25(10-8-14)19(27)17-11-16(13-3-5-15(21)6-4-13)18-23-22-12-26(18)24-17/h3-6,11-12,14H,2,7-10H2,1H3. The van der Waals surface area contributed by atoms with E-state index in [2.05, 4.69) is 15.3 Å². The van der Waals surface area contributed by atoms with E-state index in [9.17, 15) is 14.0 Å². The Hall–Kier alpha value is -3.36. The van der Waals surface area contributed by atoms with Crippen LogP contribution in [0.2, 0.25) is 0 Å². The molecule has 0 aliphatic carbocycles. The van der Waals surface area contributed by atoms with Crippen LogP contribution < -0.4 is 0 Å². The fraction of sp³-hybridized carbons (Fsp3) is 0.350. The van der Waals surface area contributed by atoms with Crippen molar-refractivity contribution in [2.75, 3.05) is 19.7 Å². The second-order valence-corrected chi connectivity index (χ2v) is 6.87. The maximum atomic E-state index is 13.3. The highest BCUT2D eigenvalue weighted by Crippen LogP contribution is 2.25. The molecular weight excluding hydrogens is 377 g/mol. The summed E-state index contributed by atoms with van der Waals surface area (Å²) in [6, 6.07) is 7.60. The molecule has 0 atom stereocenters. The van der Waals surface area contributed by atoms with Gasteiger partial charge in [0.1, 0.15) is 17.8 Å². The van der Waals surface area contributed by atoms with Gasteiger partial charge < -0.3 is 9.64 Å². The van der Waals surface area contributed by atoms with E-state index in [1.54, 1.807) is 30.0 Å². The van der Waals surface area contributed by atoms with Crippen LogP contribution >= 0.6 is 0 Å². The van der Waals surface area contributed by atoms with Crippen molar-refractivity contribution in [3.05, 3.63) is 48.2 Å². The molecule has 0 N–H and O–H groups in total. The van der Waals surface area contributed by atoms with Crippen molar-refractivity contribution in [1.82, 2.24) is 24.7 Å². The van der Waals surface area contributed by atoms with Crippen molar-refractivity contribution in [3.63, 3.8) is 0 Å². The van der Waals surface area contributed by atoms with E-state index in [-0.39, 0.29) is 29.3 Å². The van der Waals surface area contributed by atoms with Crippen LogP contribution in [0.25, 0.3) is 16.8 Å². The van der Waals surface area contributed by atoms with Gasteiger partial charge in [-0.05, 0) is 43.5 Å². The third-order valence-electron chi connectivity index (χ3n) is 5.04. The van der Waals surface area contributed by atoms with Gasteiger partial charge in [-0.1, -0.05) is 12.1 Å². The first kappa shape index (κ1) is 19.0. The van der Waals surface area contributed by atoms with Crippen molar-refractivity contribution in [2.45, 2.75) is 19.8 Å². The number of benzene rings is 1. The Morgan fingerprint density at radius 2 is 1.93 bits per heavy atom. The summed E-state index contributed by atoms with van der Waals surface area (Å²) in [4.78, 5) is 26.6. The molecule has 8 nitrogen and oxygen atoms in total. The predicted molar refractivity (Wildman–Crippen MR) is 101 cm³/mol. The molecule has 1 fully saturated rings. The van der Waals surface area contributed by atoms with Crippen molar-refractivity contribution < 1.29 is 18.7 Å². The second kappa shape index (κ2) is 7.94. The zero-order valence-corrected chi connectivity index (χ0v) is 15.9. The van der Waals surface area contributed by atoms with E-state index in [0.717, 1.165) is 0 Å². The Morgan fingerprint density at radius 1 is 1.21 bits per heavy atom. The van der Waals surface area contributed by atoms with E-state index < -0.39 is 0 Å². The molecule has 1 amide bonds. The Labute approximate surface area is 166 Å². The van der Waals surface area contributed by atoms with E-state index >= 15 is 0 Å². The van der Waals surface area contributed by atoms with Crippen molar-refractivity contribution >= 4 is 17.5 Å². The summed E-state index contributed by atoms with van der Waals surface area (Å²) < 4.78 is 19.8. The van der Waals surface area contributed by atoms with Crippen molar-refractivity contribution in [3.8, 4) is 11.1 Å². The molecule has 0 unspecified atom stereocenters. The van der Waals surface area contributed by atoms with Gasteiger partial charge in [-0.15, -0.1) is 10.2 Å². The lowest BCUT2D eigenvalue weighted by atomic mass is 9.96. The maximum Gasteiger partial charge on any atom is 0.309 e. The van der Waals surface area contributed by atoms with E-state index in [0.29, 0.717) is 49.3 Å². The zero-order valence-electron chi connectivity index (χ0n) is 15.9. The Kier molecular flexibility index (Phi) is 5.20. The first-order valence-electron chi connectivity index (χ1n) is 9.49. The summed E-state index contributed by atoms with van der Waals surface area (Å²) >= 11 is 0. The molecule has 1 aliphatic rings. The molecule has 0 bridgehead atoms. The number of hydrogen-bond donors (Lipinski definition) is 0. The minimum Gasteiger partial charge on any atom is -0.466 e. The molecule has 1 aromatic carbocycles. The molecular formula is C20H20FN5O3. The number of fused-ring (bicyclic) bond motifs is 1. The number of hydrogen-bond acceptors (Lipinski definition) is 6. The highest BCUT2D eigenvalue weighted by Gasteiger charge is 2.29. The van der Waals surface area contributed by atoms with Gasteiger partial charge in [0.25, 0.3) is 5.91 Å². The van der Waals surface area contributed by atoms with Gasteiger partial charge in [-0.2, -0.15) is 9.61 Å². The number of rotatable bonds is 4. The first-order chi connectivity index (χ1) is 14.1. The summed E-state index contributed by atoms with van der Waals surface area (Å²) in [5.41, 5.74) is 2.07. The summed E-state index contributed by atoms with van der Waals surface area (Å²) in [6.07, 6.45) is 2.54. The topological polar surface area (TPSA) is 89.7 Å². The molecule has 3 aromatic rings. The predicted octanol–water partition coefficient (Wildman–Crippen LogP) is 2.35. The van der Waals surface area contributed by atoms with Crippen molar-refractivity contribution in [2.24, 2.45) is 5.92 Å². The number of esters is 1. The monoisotopic (exact) mass is 397 g/mol. The summed E-state index contributed by atoms with van der Waals surface area (Å²) in [7, 11) is 0. The molecule has 0 saturated carbocycles. The molecule has 29 heavy (non-hydrogen) atoms. The summed E-state index contributed by atoms with van der Waals surface area (Å²) in [6.45, 7) is 3.04. The normalized spacial score (nSPS) is 14.9. The number of piperidine rings is 1. The SMILES string of the molecule is CCOC(=O)C1CCN(C(=O)c2cc(-c3ccc(F)cc3)c3nncn3n2)CC1. The molecule has 1 saturated heterocycles. The van der Waals surface area contributed by atoms with Gasteiger partial charge in [0.05, 0.1) is 12.5 Å². The molecule has 2 aromatic heterocycles. The number of carbonyl (C=O) groups excluding carboxylic acids is 2. The van der Waals surface area contributed by atoms with Crippen LogP contribution in [0.3, 0.4) is 0 Å². The Balaban J connectivity index is 1.59. The maximum absolute atomic E-state index is 13.3. The lowest BCUT2D eigenvalue weighted by molar-refractivity contribution is -0.149.